The van der Waals surface area contributed by atoms with Crippen LogP contribution in [0.5, 0.6) is 0 Å². The number of halogens is 2. The molecule has 6 heteroatoms. The first-order chi connectivity index (χ1) is 8.88. The lowest BCUT2D eigenvalue weighted by Crippen LogP contribution is -2.13. The van der Waals surface area contributed by atoms with Gasteiger partial charge in [-0.05, 0) is 37.3 Å². The maximum Gasteiger partial charge on any atom is 0.261 e. The van der Waals surface area contributed by atoms with Gasteiger partial charge in [0.25, 0.3) is 10.0 Å². The van der Waals surface area contributed by atoms with Crippen LogP contribution in [-0.4, -0.2) is 8.42 Å². The molecule has 0 aliphatic rings. The molecule has 0 amide bonds. The maximum absolute atomic E-state index is 12.9. The Balaban J connectivity index is 2.33. The Morgan fingerprint density at radius 3 is 2.32 bits per heavy atom. The summed E-state index contributed by atoms with van der Waals surface area (Å²) in [7, 11) is -3.72. The maximum atomic E-state index is 12.9. The van der Waals surface area contributed by atoms with Crippen molar-refractivity contribution < 1.29 is 12.8 Å². The first-order valence-electron chi connectivity index (χ1n) is 5.43. The number of rotatable bonds is 3. The minimum absolute atomic E-state index is 0.00990. The monoisotopic (exact) mass is 299 g/mol. The van der Waals surface area contributed by atoms with Crippen molar-refractivity contribution in [2.45, 2.75) is 11.8 Å². The van der Waals surface area contributed by atoms with Crippen LogP contribution in [0.15, 0.2) is 47.4 Å². The van der Waals surface area contributed by atoms with Crippen LogP contribution in [0.25, 0.3) is 0 Å². The summed E-state index contributed by atoms with van der Waals surface area (Å²) in [5.41, 5.74) is 1.10. The molecule has 0 aromatic heterocycles. The molecule has 3 nitrogen and oxygen atoms in total. The van der Waals surface area contributed by atoms with Gasteiger partial charge in [0.1, 0.15) is 5.82 Å². The van der Waals surface area contributed by atoms with Gasteiger partial charge in [0, 0.05) is 0 Å². The van der Waals surface area contributed by atoms with Crippen molar-refractivity contribution in [2.24, 2.45) is 0 Å². The van der Waals surface area contributed by atoms with E-state index in [0.717, 1.165) is 17.7 Å². The highest BCUT2D eigenvalue weighted by Crippen LogP contribution is 2.25. The van der Waals surface area contributed by atoms with E-state index in [0.29, 0.717) is 0 Å². The summed E-state index contributed by atoms with van der Waals surface area (Å²) in [4.78, 5) is 0.124. The highest BCUT2D eigenvalue weighted by atomic mass is 35.5. The second-order valence-corrected chi connectivity index (χ2v) is 6.13. The molecular formula is C13H11ClFNO2S. The van der Waals surface area contributed by atoms with Crippen molar-refractivity contribution in [1.82, 2.24) is 0 Å². The van der Waals surface area contributed by atoms with Crippen molar-refractivity contribution in [1.29, 1.82) is 0 Å². The van der Waals surface area contributed by atoms with E-state index >= 15 is 0 Å². The molecule has 2 aromatic carbocycles. The van der Waals surface area contributed by atoms with Gasteiger partial charge < -0.3 is 0 Å². The highest BCUT2D eigenvalue weighted by Gasteiger charge is 2.15. The number of sulfonamides is 1. The third kappa shape index (κ3) is 3.24. The molecule has 2 aromatic rings. The molecule has 1 N–H and O–H groups in total. The van der Waals surface area contributed by atoms with E-state index in [1.54, 1.807) is 12.1 Å². The summed E-state index contributed by atoms with van der Waals surface area (Å²) in [5, 5.41) is 0.00990. The lowest BCUT2D eigenvalue weighted by Gasteiger charge is -2.09. The fourth-order valence-corrected chi connectivity index (χ4v) is 2.84. The SMILES string of the molecule is Cc1ccc(S(=O)(=O)Nc2ccc(F)cc2Cl)cc1. The van der Waals surface area contributed by atoms with Crippen molar-refractivity contribution >= 4 is 27.3 Å². The molecule has 0 aliphatic heterocycles. The molecule has 2 rings (SSSR count). The topological polar surface area (TPSA) is 46.2 Å². The average molecular weight is 300 g/mol. The van der Waals surface area contributed by atoms with Crippen molar-refractivity contribution in [3.05, 3.63) is 58.9 Å². The molecule has 0 atom stereocenters. The molecule has 0 spiro atoms. The van der Waals surface area contributed by atoms with Gasteiger partial charge in [0.15, 0.2) is 0 Å². The Kier molecular flexibility index (Phi) is 3.78. The predicted molar refractivity (Wildman–Crippen MR) is 73.4 cm³/mol. The minimum atomic E-state index is -3.72. The van der Waals surface area contributed by atoms with Gasteiger partial charge in [-0.3, -0.25) is 4.72 Å². The van der Waals surface area contributed by atoms with Crippen LogP contribution in [0.2, 0.25) is 5.02 Å². The summed E-state index contributed by atoms with van der Waals surface area (Å²) in [6, 6.07) is 9.85. The van der Waals surface area contributed by atoms with Gasteiger partial charge in [-0.1, -0.05) is 29.3 Å². The zero-order valence-electron chi connectivity index (χ0n) is 10.0. The lowest BCUT2D eigenvalue weighted by molar-refractivity contribution is 0.601. The molecule has 0 radical (unpaired) electrons. The van der Waals surface area contributed by atoms with Gasteiger partial charge in [0.05, 0.1) is 15.6 Å². The Labute approximate surface area is 116 Å². The Morgan fingerprint density at radius 2 is 1.74 bits per heavy atom. The molecular weight excluding hydrogens is 289 g/mol. The molecule has 0 bridgehead atoms. The largest absolute Gasteiger partial charge is 0.278 e. The molecule has 0 saturated carbocycles. The van der Waals surface area contributed by atoms with Crippen molar-refractivity contribution in [3.63, 3.8) is 0 Å². The number of anilines is 1. The van der Waals surface area contributed by atoms with Crippen LogP contribution < -0.4 is 4.72 Å². The van der Waals surface area contributed by atoms with E-state index in [4.69, 9.17) is 11.6 Å². The van der Waals surface area contributed by atoms with Gasteiger partial charge in [-0.25, -0.2) is 12.8 Å². The van der Waals surface area contributed by atoms with Crippen LogP contribution in [0, 0.1) is 12.7 Å². The molecule has 0 fully saturated rings. The van der Waals surface area contributed by atoms with Crippen LogP contribution in [0.3, 0.4) is 0 Å². The Morgan fingerprint density at radius 1 is 1.11 bits per heavy atom. The van der Waals surface area contributed by atoms with Crippen LogP contribution >= 0.6 is 11.6 Å². The normalized spacial score (nSPS) is 11.3. The summed E-state index contributed by atoms with van der Waals surface area (Å²) < 4.78 is 39.4. The number of nitrogens with one attached hydrogen (secondary N) is 1. The molecule has 0 saturated heterocycles. The van der Waals surface area contributed by atoms with E-state index in [2.05, 4.69) is 4.72 Å². The molecule has 0 aliphatic carbocycles. The average Bonchev–Trinajstić information content (AvgIpc) is 2.33. The quantitative estimate of drug-likeness (QED) is 0.941. The van der Waals surface area contributed by atoms with Gasteiger partial charge in [-0.15, -0.1) is 0 Å². The van der Waals surface area contributed by atoms with Crippen molar-refractivity contribution in [2.75, 3.05) is 4.72 Å². The van der Waals surface area contributed by atoms with Crippen LogP contribution in [0.1, 0.15) is 5.56 Å². The van der Waals surface area contributed by atoms with Crippen molar-refractivity contribution in [3.8, 4) is 0 Å². The fourth-order valence-electron chi connectivity index (χ4n) is 1.49. The molecule has 0 unspecified atom stereocenters. The summed E-state index contributed by atoms with van der Waals surface area (Å²) in [6.07, 6.45) is 0. The highest BCUT2D eigenvalue weighted by molar-refractivity contribution is 7.92. The van der Waals surface area contributed by atoms with Gasteiger partial charge in [-0.2, -0.15) is 0 Å². The number of hydrogen-bond acceptors (Lipinski definition) is 2. The van der Waals surface area contributed by atoms with Crippen LogP contribution in [0.4, 0.5) is 10.1 Å². The third-order valence-electron chi connectivity index (χ3n) is 2.51. The van der Waals surface area contributed by atoms with Gasteiger partial charge >= 0.3 is 0 Å². The molecule has 19 heavy (non-hydrogen) atoms. The predicted octanol–water partition coefficient (Wildman–Crippen LogP) is 3.59. The van der Waals surface area contributed by atoms with Gasteiger partial charge in [0.2, 0.25) is 0 Å². The zero-order chi connectivity index (χ0) is 14.0. The van der Waals surface area contributed by atoms with E-state index < -0.39 is 15.8 Å². The zero-order valence-corrected chi connectivity index (χ0v) is 11.6. The van der Waals surface area contributed by atoms with E-state index in [9.17, 15) is 12.8 Å². The first-order valence-corrected chi connectivity index (χ1v) is 7.29. The minimum Gasteiger partial charge on any atom is -0.278 e. The first kappa shape index (κ1) is 13.8. The number of hydrogen-bond donors (Lipinski definition) is 1. The number of aryl methyl sites for hydroxylation is 1. The second-order valence-electron chi connectivity index (χ2n) is 4.04. The van der Waals surface area contributed by atoms with Crippen LogP contribution in [-0.2, 0) is 10.0 Å². The second kappa shape index (κ2) is 5.19. The standard InChI is InChI=1S/C13H11ClFNO2S/c1-9-2-5-11(6-3-9)19(17,18)16-13-7-4-10(15)8-12(13)14/h2-8,16H,1H3. The summed E-state index contributed by atoms with van der Waals surface area (Å²) in [6.45, 7) is 1.86. The number of benzene rings is 2. The Bertz CT molecular complexity index is 699. The molecule has 100 valence electrons. The smallest absolute Gasteiger partial charge is 0.261 e. The molecule has 0 heterocycles. The Hall–Kier alpha value is -1.59. The summed E-state index contributed by atoms with van der Waals surface area (Å²) in [5.74, 6) is -0.525. The van der Waals surface area contributed by atoms with E-state index in [1.165, 1.54) is 18.2 Å². The van der Waals surface area contributed by atoms with E-state index in [-0.39, 0.29) is 15.6 Å². The fraction of sp³-hybridized carbons (Fsp3) is 0.0769. The van der Waals surface area contributed by atoms with E-state index in [1.807, 2.05) is 6.92 Å². The lowest BCUT2D eigenvalue weighted by atomic mass is 10.2. The summed E-state index contributed by atoms with van der Waals surface area (Å²) >= 11 is 5.78. The third-order valence-corrected chi connectivity index (χ3v) is 4.20.